The molecule has 1 aliphatic heterocycles. The number of benzene rings is 1. The van der Waals surface area contributed by atoms with Gasteiger partial charge >= 0.3 is 0 Å². The fourth-order valence-corrected chi connectivity index (χ4v) is 2.57. The molecule has 1 amide bonds. The SMILES string of the molecule is O=C(CN1CCCC1CO)Nc1ccc(Cl)c(Cl)c1. The van der Waals surface area contributed by atoms with E-state index in [0.717, 1.165) is 19.4 Å². The van der Waals surface area contributed by atoms with Crippen LogP contribution in [0.2, 0.25) is 10.0 Å². The monoisotopic (exact) mass is 302 g/mol. The average Bonchev–Trinajstić information content (AvgIpc) is 2.81. The summed E-state index contributed by atoms with van der Waals surface area (Å²) >= 11 is 11.7. The molecule has 6 heteroatoms. The van der Waals surface area contributed by atoms with Gasteiger partial charge in [-0.1, -0.05) is 23.2 Å². The van der Waals surface area contributed by atoms with Crippen LogP contribution in [0.15, 0.2) is 18.2 Å². The minimum Gasteiger partial charge on any atom is -0.395 e. The lowest BCUT2D eigenvalue weighted by Crippen LogP contribution is -2.38. The lowest BCUT2D eigenvalue weighted by Gasteiger charge is -2.21. The fourth-order valence-electron chi connectivity index (χ4n) is 2.27. The van der Waals surface area contributed by atoms with Crippen LogP contribution >= 0.6 is 23.2 Å². The summed E-state index contributed by atoms with van der Waals surface area (Å²) in [5.41, 5.74) is 0.624. The molecule has 19 heavy (non-hydrogen) atoms. The van der Waals surface area contributed by atoms with Gasteiger partial charge in [0.05, 0.1) is 23.2 Å². The molecule has 0 spiro atoms. The number of nitrogens with zero attached hydrogens (tertiary/aromatic N) is 1. The van der Waals surface area contributed by atoms with Crippen molar-refractivity contribution in [2.45, 2.75) is 18.9 Å². The summed E-state index contributed by atoms with van der Waals surface area (Å²) in [6.45, 7) is 1.23. The number of halogens is 2. The van der Waals surface area contributed by atoms with Crippen LogP contribution < -0.4 is 5.32 Å². The van der Waals surface area contributed by atoms with Crippen LogP contribution in [0, 0.1) is 0 Å². The molecule has 0 saturated carbocycles. The van der Waals surface area contributed by atoms with E-state index in [0.29, 0.717) is 15.7 Å². The number of hydrogen-bond donors (Lipinski definition) is 2. The van der Waals surface area contributed by atoms with E-state index in [2.05, 4.69) is 5.32 Å². The van der Waals surface area contributed by atoms with Gasteiger partial charge < -0.3 is 10.4 Å². The van der Waals surface area contributed by atoms with Crippen LogP contribution in [-0.2, 0) is 4.79 Å². The highest BCUT2D eigenvalue weighted by molar-refractivity contribution is 6.42. The lowest BCUT2D eigenvalue weighted by atomic mass is 10.2. The van der Waals surface area contributed by atoms with Crippen molar-refractivity contribution in [1.29, 1.82) is 0 Å². The van der Waals surface area contributed by atoms with E-state index in [-0.39, 0.29) is 25.1 Å². The normalized spacial score (nSPS) is 19.6. The summed E-state index contributed by atoms with van der Waals surface area (Å²) < 4.78 is 0. The Bertz CT molecular complexity index is 468. The zero-order valence-electron chi connectivity index (χ0n) is 10.4. The number of likely N-dealkylation sites (tertiary alicyclic amines) is 1. The molecule has 1 unspecified atom stereocenters. The molecule has 104 valence electrons. The summed E-state index contributed by atoms with van der Waals surface area (Å²) in [4.78, 5) is 13.9. The number of hydrogen-bond acceptors (Lipinski definition) is 3. The predicted octanol–water partition coefficient (Wildman–Crippen LogP) is 2.39. The van der Waals surface area contributed by atoms with E-state index in [1.54, 1.807) is 18.2 Å². The highest BCUT2D eigenvalue weighted by Gasteiger charge is 2.25. The quantitative estimate of drug-likeness (QED) is 0.898. The number of rotatable bonds is 4. The molecule has 0 aromatic heterocycles. The van der Waals surface area contributed by atoms with Crippen LogP contribution in [-0.4, -0.2) is 41.7 Å². The molecule has 1 heterocycles. The number of nitrogens with one attached hydrogen (secondary N) is 1. The molecule has 1 aliphatic rings. The molecule has 1 saturated heterocycles. The first kappa shape index (κ1) is 14.6. The van der Waals surface area contributed by atoms with Crippen molar-refractivity contribution in [3.05, 3.63) is 28.2 Å². The van der Waals surface area contributed by atoms with Crippen molar-refractivity contribution >= 4 is 34.8 Å². The first-order chi connectivity index (χ1) is 9.10. The van der Waals surface area contributed by atoms with Crippen molar-refractivity contribution < 1.29 is 9.90 Å². The van der Waals surface area contributed by atoms with Crippen LogP contribution in [0.1, 0.15) is 12.8 Å². The van der Waals surface area contributed by atoms with E-state index >= 15 is 0 Å². The molecule has 4 nitrogen and oxygen atoms in total. The van der Waals surface area contributed by atoms with Crippen molar-refractivity contribution in [3.8, 4) is 0 Å². The molecule has 0 bridgehead atoms. The maximum atomic E-state index is 11.9. The molecule has 2 rings (SSSR count). The molecule has 1 fully saturated rings. The molecule has 2 N–H and O–H groups in total. The van der Waals surface area contributed by atoms with Gasteiger partial charge in [-0.3, -0.25) is 9.69 Å². The van der Waals surface area contributed by atoms with Gasteiger partial charge in [-0.25, -0.2) is 0 Å². The highest BCUT2D eigenvalue weighted by Crippen LogP contribution is 2.25. The van der Waals surface area contributed by atoms with E-state index in [1.165, 1.54) is 0 Å². The Morgan fingerprint density at radius 3 is 2.89 bits per heavy atom. The van der Waals surface area contributed by atoms with Crippen molar-refractivity contribution in [3.63, 3.8) is 0 Å². The van der Waals surface area contributed by atoms with E-state index in [1.807, 2.05) is 4.90 Å². The predicted molar refractivity (Wildman–Crippen MR) is 76.8 cm³/mol. The standard InChI is InChI=1S/C13H16Cl2N2O2/c14-11-4-3-9(6-12(11)15)16-13(19)7-17-5-1-2-10(17)8-18/h3-4,6,10,18H,1-2,5,7-8H2,(H,16,19). The second-order valence-corrected chi connectivity index (χ2v) is 5.44. The van der Waals surface area contributed by atoms with Gasteiger partial charge in [0.2, 0.25) is 5.91 Å². The summed E-state index contributed by atoms with van der Waals surface area (Å²) in [7, 11) is 0. The van der Waals surface area contributed by atoms with Crippen molar-refractivity contribution in [1.82, 2.24) is 4.90 Å². The minimum atomic E-state index is -0.112. The Kier molecular flexibility index (Phi) is 5.05. The van der Waals surface area contributed by atoms with Crippen LogP contribution in [0.25, 0.3) is 0 Å². The third-order valence-electron chi connectivity index (χ3n) is 3.26. The van der Waals surface area contributed by atoms with Gasteiger partial charge in [-0.05, 0) is 37.6 Å². The van der Waals surface area contributed by atoms with Gasteiger partial charge in [0, 0.05) is 11.7 Å². The van der Waals surface area contributed by atoms with Crippen molar-refractivity contribution in [2.24, 2.45) is 0 Å². The summed E-state index contributed by atoms with van der Waals surface area (Å²) in [5, 5.41) is 12.8. The lowest BCUT2D eigenvalue weighted by molar-refractivity contribution is -0.117. The third-order valence-corrected chi connectivity index (χ3v) is 4.00. The summed E-state index contributed by atoms with van der Waals surface area (Å²) in [6, 6.07) is 5.07. The Balaban J connectivity index is 1.92. The number of amides is 1. The smallest absolute Gasteiger partial charge is 0.238 e. The Labute approximate surface area is 122 Å². The first-order valence-electron chi connectivity index (χ1n) is 6.20. The molecule has 0 radical (unpaired) electrons. The van der Waals surface area contributed by atoms with Crippen LogP contribution in [0.3, 0.4) is 0 Å². The number of anilines is 1. The number of aliphatic hydroxyl groups is 1. The number of aliphatic hydroxyl groups excluding tert-OH is 1. The van der Waals surface area contributed by atoms with Gasteiger partial charge in [0.1, 0.15) is 0 Å². The summed E-state index contributed by atoms with van der Waals surface area (Å²) in [5.74, 6) is -0.112. The minimum absolute atomic E-state index is 0.0968. The first-order valence-corrected chi connectivity index (χ1v) is 6.95. The van der Waals surface area contributed by atoms with E-state index in [4.69, 9.17) is 23.2 Å². The Morgan fingerprint density at radius 2 is 2.21 bits per heavy atom. The average molecular weight is 303 g/mol. The second kappa shape index (κ2) is 6.57. The van der Waals surface area contributed by atoms with Gasteiger partial charge in [0.15, 0.2) is 0 Å². The van der Waals surface area contributed by atoms with E-state index < -0.39 is 0 Å². The Hall–Kier alpha value is -0.810. The maximum Gasteiger partial charge on any atom is 0.238 e. The topological polar surface area (TPSA) is 52.6 Å². The van der Waals surface area contributed by atoms with Gasteiger partial charge in [-0.2, -0.15) is 0 Å². The molecular formula is C13H16Cl2N2O2. The maximum absolute atomic E-state index is 11.9. The summed E-state index contributed by atoms with van der Waals surface area (Å²) in [6.07, 6.45) is 1.96. The van der Waals surface area contributed by atoms with Gasteiger partial charge in [-0.15, -0.1) is 0 Å². The zero-order valence-corrected chi connectivity index (χ0v) is 11.9. The van der Waals surface area contributed by atoms with E-state index in [9.17, 15) is 9.90 Å². The molecule has 1 aromatic rings. The Morgan fingerprint density at radius 1 is 1.42 bits per heavy atom. The van der Waals surface area contributed by atoms with Crippen LogP contribution in [0.5, 0.6) is 0 Å². The third kappa shape index (κ3) is 3.83. The number of carbonyl (C=O) groups is 1. The molecule has 1 aromatic carbocycles. The van der Waals surface area contributed by atoms with Gasteiger partial charge in [0.25, 0.3) is 0 Å². The van der Waals surface area contributed by atoms with Crippen molar-refractivity contribution in [2.75, 3.05) is 25.0 Å². The largest absolute Gasteiger partial charge is 0.395 e. The highest BCUT2D eigenvalue weighted by atomic mass is 35.5. The second-order valence-electron chi connectivity index (χ2n) is 4.63. The molecule has 0 aliphatic carbocycles. The number of carbonyl (C=O) groups excluding carboxylic acids is 1. The zero-order chi connectivity index (χ0) is 13.8. The molecule has 1 atom stereocenters. The fraction of sp³-hybridized carbons (Fsp3) is 0.462. The molecular weight excluding hydrogens is 287 g/mol. The van der Waals surface area contributed by atoms with Crippen LogP contribution in [0.4, 0.5) is 5.69 Å².